The van der Waals surface area contributed by atoms with Crippen LogP contribution in [0.25, 0.3) is 0 Å². The average molecular weight is 287 g/mol. The van der Waals surface area contributed by atoms with Crippen LogP contribution < -0.4 is 14.8 Å². The molecule has 1 aromatic carbocycles. The highest BCUT2D eigenvalue weighted by molar-refractivity contribution is 5.97. The molecule has 6 heteroatoms. The van der Waals surface area contributed by atoms with Crippen LogP contribution in [-0.4, -0.2) is 51.2 Å². The summed E-state index contributed by atoms with van der Waals surface area (Å²) in [5, 5.41) is 3.22. The van der Waals surface area contributed by atoms with Gasteiger partial charge < -0.3 is 19.7 Å². The van der Waals surface area contributed by atoms with Crippen LogP contribution >= 0.6 is 12.4 Å². The van der Waals surface area contributed by atoms with Gasteiger partial charge in [0.1, 0.15) is 0 Å². The zero-order valence-corrected chi connectivity index (χ0v) is 12.0. The van der Waals surface area contributed by atoms with E-state index in [-0.39, 0.29) is 18.3 Å². The lowest BCUT2D eigenvalue weighted by Gasteiger charge is -2.28. The van der Waals surface area contributed by atoms with E-state index in [0.29, 0.717) is 17.1 Å². The van der Waals surface area contributed by atoms with E-state index >= 15 is 0 Å². The van der Waals surface area contributed by atoms with Crippen LogP contribution in [0.4, 0.5) is 0 Å². The van der Waals surface area contributed by atoms with Gasteiger partial charge in [0.05, 0.1) is 19.8 Å². The van der Waals surface area contributed by atoms with Gasteiger partial charge in [-0.25, -0.2) is 0 Å². The number of para-hydroxylation sites is 1. The number of carbonyl (C=O) groups excluding carboxylic acids is 1. The van der Waals surface area contributed by atoms with Crippen molar-refractivity contribution in [2.24, 2.45) is 0 Å². The molecule has 1 aliphatic rings. The van der Waals surface area contributed by atoms with Crippen molar-refractivity contribution < 1.29 is 14.3 Å². The molecule has 0 radical (unpaired) electrons. The smallest absolute Gasteiger partial charge is 0.257 e. The van der Waals surface area contributed by atoms with Gasteiger partial charge >= 0.3 is 0 Å². The molecule has 0 aromatic heterocycles. The summed E-state index contributed by atoms with van der Waals surface area (Å²) in [5.74, 6) is 1.08. The fraction of sp³-hybridized carbons (Fsp3) is 0.462. The fourth-order valence-electron chi connectivity index (χ4n) is 2.09. The maximum absolute atomic E-state index is 12.4. The quantitative estimate of drug-likeness (QED) is 0.906. The van der Waals surface area contributed by atoms with Gasteiger partial charge in [0.2, 0.25) is 0 Å². The van der Waals surface area contributed by atoms with Gasteiger partial charge in [-0.2, -0.15) is 0 Å². The first-order chi connectivity index (χ1) is 8.77. The van der Waals surface area contributed by atoms with E-state index in [1.807, 2.05) is 4.90 Å². The predicted molar refractivity (Wildman–Crippen MR) is 75.6 cm³/mol. The summed E-state index contributed by atoms with van der Waals surface area (Å²) in [6.45, 7) is 3.11. The molecule has 5 nitrogen and oxygen atoms in total. The molecule has 1 N–H and O–H groups in total. The maximum atomic E-state index is 12.4. The Morgan fingerprint density at radius 2 is 1.89 bits per heavy atom. The minimum Gasteiger partial charge on any atom is -0.493 e. The van der Waals surface area contributed by atoms with Crippen molar-refractivity contribution in [2.75, 3.05) is 40.4 Å². The molecule has 106 valence electrons. The number of piperazine rings is 1. The Labute approximate surface area is 119 Å². The first-order valence-corrected chi connectivity index (χ1v) is 5.99. The maximum Gasteiger partial charge on any atom is 0.257 e. The number of carbonyl (C=O) groups is 1. The third kappa shape index (κ3) is 3.30. The van der Waals surface area contributed by atoms with E-state index in [4.69, 9.17) is 9.47 Å². The minimum atomic E-state index is -0.00718. The third-order valence-corrected chi connectivity index (χ3v) is 3.04. The largest absolute Gasteiger partial charge is 0.493 e. The predicted octanol–water partition coefficient (Wildman–Crippen LogP) is 1.17. The van der Waals surface area contributed by atoms with Crippen LogP contribution in [0.1, 0.15) is 10.4 Å². The molecule has 0 atom stereocenters. The summed E-state index contributed by atoms with van der Waals surface area (Å²) in [4.78, 5) is 14.2. The summed E-state index contributed by atoms with van der Waals surface area (Å²) in [7, 11) is 3.11. The highest BCUT2D eigenvalue weighted by Crippen LogP contribution is 2.31. The minimum absolute atomic E-state index is 0. The van der Waals surface area contributed by atoms with Crippen LogP contribution in [0.15, 0.2) is 18.2 Å². The van der Waals surface area contributed by atoms with Crippen molar-refractivity contribution in [1.82, 2.24) is 10.2 Å². The van der Waals surface area contributed by atoms with Gasteiger partial charge in [0, 0.05) is 26.2 Å². The summed E-state index contributed by atoms with van der Waals surface area (Å²) in [6.07, 6.45) is 0. The number of ether oxygens (including phenoxy) is 2. The third-order valence-electron chi connectivity index (χ3n) is 3.04. The number of hydrogen-bond donors (Lipinski definition) is 1. The Morgan fingerprint density at radius 3 is 2.47 bits per heavy atom. The monoisotopic (exact) mass is 286 g/mol. The number of rotatable bonds is 3. The zero-order chi connectivity index (χ0) is 13.0. The molecule has 0 bridgehead atoms. The summed E-state index contributed by atoms with van der Waals surface area (Å²) in [6, 6.07) is 5.36. The van der Waals surface area contributed by atoms with Crippen molar-refractivity contribution in [3.8, 4) is 11.5 Å². The molecule has 1 saturated heterocycles. The number of halogens is 1. The van der Waals surface area contributed by atoms with E-state index in [0.717, 1.165) is 26.2 Å². The zero-order valence-electron chi connectivity index (χ0n) is 11.1. The first-order valence-electron chi connectivity index (χ1n) is 5.99. The molecule has 1 heterocycles. The molecule has 1 fully saturated rings. The lowest BCUT2D eigenvalue weighted by molar-refractivity contribution is 0.0731. The van der Waals surface area contributed by atoms with E-state index in [9.17, 15) is 4.79 Å². The average Bonchev–Trinajstić information content (AvgIpc) is 2.46. The van der Waals surface area contributed by atoms with Crippen molar-refractivity contribution in [1.29, 1.82) is 0 Å². The van der Waals surface area contributed by atoms with Crippen molar-refractivity contribution in [3.05, 3.63) is 23.8 Å². The van der Waals surface area contributed by atoms with Gasteiger partial charge in [-0.3, -0.25) is 4.79 Å². The van der Waals surface area contributed by atoms with E-state index < -0.39 is 0 Å². The molecule has 19 heavy (non-hydrogen) atoms. The topological polar surface area (TPSA) is 50.8 Å². The normalized spacial score (nSPS) is 14.5. The number of nitrogens with zero attached hydrogens (tertiary/aromatic N) is 1. The molecule has 0 aliphatic carbocycles. The molecule has 0 spiro atoms. The van der Waals surface area contributed by atoms with Crippen molar-refractivity contribution >= 4 is 18.3 Å². The van der Waals surface area contributed by atoms with Crippen LogP contribution in [-0.2, 0) is 0 Å². The van der Waals surface area contributed by atoms with Crippen LogP contribution in [0, 0.1) is 0 Å². The van der Waals surface area contributed by atoms with E-state index in [2.05, 4.69) is 5.32 Å². The van der Waals surface area contributed by atoms with Crippen molar-refractivity contribution in [2.45, 2.75) is 0 Å². The van der Waals surface area contributed by atoms with Gasteiger partial charge in [-0.1, -0.05) is 6.07 Å². The standard InChI is InChI=1S/C13H18N2O3.ClH/c1-17-11-5-3-4-10(12(11)18-2)13(16)15-8-6-14-7-9-15;/h3-5,14H,6-9H2,1-2H3;1H. The fourth-order valence-corrected chi connectivity index (χ4v) is 2.09. The molecule has 2 rings (SSSR count). The Hall–Kier alpha value is -1.46. The second kappa shape index (κ2) is 7.21. The van der Waals surface area contributed by atoms with Crippen LogP contribution in [0.3, 0.4) is 0 Å². The van der Waals surface area contributed by atoms with Gasteiger partial charge in [-0.05, 0) is 12.1 Å². The molecular formula is C13H19ClN2O3. The Kier molecular flexibility index (Phi) is 5.92. The van der Waals surface area contributed by atoms with Gasteiger partial charge in [-0.15, -0.1) is 12.4 Å². The number of methoxy groups -OCH3 is 2. The first kappa shape index (κ1) is 15.6. The molecule has 1 aromatic rings. The second-order valence-corrected chi connectivity index (χ2v) is 4.08. The Morgan fingerprint density at radius 1 is 1.21 bits per heavy atom. The number of benzene rings is 1. The summed E-state index contributed by atoms with van der Waals surface area (Å²) < 4.78 is 10.5. The highest BCUT2D eigenvalue weighted by atomic mass is 35.5. The second-order valence-electron chi connectivity index (χ2n) is 4.08. The van der Waals surface area contributed by atoms with E-state index in [1.165, 1.54) is 0 Å². The molecule has 0 unspecified atom stereocenters. The number of hydrogen-bond acceptors (Lipinski definition) is 4. The molecular weight excluding hydrogens is 268 g/mol. The number of amides is 1. The lowest BCUT2D eigenvalue weighted by atomic mass is 10.1. The highest BCUT2D eigenvalue weighted by Gasteiger charge is 2.22. The van der Waals surface area contributed by atoms with Gasteiger partial charge in [0.15, 0.2) is 11.5 Å². The number of nitrogens with one attached hydrogen (secondary N) is 1. The SMILES string of the molecule is COc1cccc(C(=O)N2CCNCC2)c1OC.Cl. The summed E-state index contributed by atoms with van der Waals surface area (Å²) >= 11 is 0. The van der Waals surface area contributed by atoms with E-state index in [1.54, 1.807) is 32.4 Å². The van der Waals surface area contributed by atoms with Gasteiger partial charge in [0.25, 0.3) is 5.91 Å². The van der Waals surface area contributed by atoms with Crippen LogP contribution in [0.5, 0.6) is 11.5 Å². The summed E-state index contributed by atoms with van der Waals surface area (Å²) in [5.41, 5.74) is 0.554. The molecule has 0 saturated carbocycles. The Balaban J connectivity index is 0.00000180. The lowest BCUT2D eigenvalue weighted by Crippen LogP contribution is -2.46. The van der Waals surface area contributed by atoms with Crippen molar-refractivity contribution in [3.63, 3.8) is 0 Å². The molecule has 1 amide bonds. The molecule has 1 aliphatic heterocycles. The van der Waals surface area contributed by atoms with Crippen LogP contribution in [0.2, 0.25) is 0 Å². The Bertz CT molecular complexity index is 434.